The van der Waals surface area contributed by atoms with Crippen LogP contribution in [0.4, 0.5) is 18.9 Å². The van der Waals surface area contributed by atoms with Crippen LogP contribution in [-0.4, -0.2) is 50.2 Å². The highest BCUT2D eigenvalue weighted by molar-refractivity contribution is 6.31. The summed E-state index contributed by atoms with van der Waals surface area (Å²) >= 11 is 6.21. The number of piperidine rings is 1. The Morgan fingerprint density at radius 2 is 1.94 bits per heavy atom. The number of aromatic nitrogens is 4. The van der Waals surface area contributed by atoms with Gasteiger partial charge in [0.1, 0.15) is 6.07 Å². The molecule has 0 saturated carbocycles. The Morgan fingerprint density at radius 3 is 2.61 bits per heavy atom. The first-order chi connectivity index (χ1) is 17.0. The molecular weight excluding hydrogens is 495 g/mol. The van der Waals surface area contributed by atoms with Crippen molar-refractivity contribution in [3.05, 3.63) is 46.6 Å². The molecule has 0 aliphatic carbocycles. The van der Waals surface area contributed by atoms with Gasteiger partial charge >= 0.3 is 6.18 Å². The summed E-state index contributed by atoms with van der Waals surface area (Å²) in [5.74, 6) is -1.30. The summed E-state index contributed by atoms with van der Waals surface area (Å²) in [5.41, 5.74) is 0.911. The fourth-order valence-corrected chi connectivity index (χ4v) is 5.51. The number of halogens is 4. The van der Waals surface area contributed by atoms with Gasteiger partial charge in [-0.2, -0.15) is 18.4 Å². The molecule has 0 spiro atoms. The summed E-state index contributed by atoms with van der Waals surface area (Å²) in [5, 5.41) is 18.1. The van der Waals surface area contributed by atoms with Crippen LogP contribution in [0.1, 0.15) is 43.9 Å². The van der Waals surface area contributed by atoms with Gasteiger partial charge in [0, 0.05) is 42.2 Å². The second-order valence-electron chi connectivity index (χ2n) is 9.83. The number of amides is 1. The van der Waals surface area contributed by atoms with Crippen molar-refractivity contribution in [1.82, 2.24) is 24.6 Å². The zero-order valence-corrected chi connectivity index (χ0v) is 20.4. The number of nitriles is 1. The van der Waals surface area contributed by atoms with E-state index in [1.807, 2.05) is 0 Å². The van der Waals surface area contributed by atoms with Gasteiger partial charge in [0.2, 0.25) is 11.7 Å². The Balaban J connectivity index is 1.34. The van der Waals surface area contributed by atoms with Crippen LogP contribution in [-0.2, 0) is 23.1 Å². The van der Waals surface area contributed by atoms with Crippen LogP contribution < -0.4 is 4.90 Å². The molecule has 0 atom stereocenters. The highest BCUT2D eigenvalue weighted by atomic mass is 35.5. The molecule has 5 rings (SSSR count). The van der Waals surface area contributed by atoms with Crippen LogP contribution in [0.3, 0.4) is 0 Å². The molecule has 4 heterocycles. The summed E-state index contributed by atoms with van der Waals surface area (Å²) in [6.07, 6.45) is -1.98. The lowest BCUT2D eigenvalue weighted by Crippen LogP contribution is -2.52. The van der Waals surface area contributed by atoms with Crippen molar-refractivity contribution < 1.29 is 18.0 Å². The molecule has 2 aliphatic heterocycles. The summed E-state index contributed by atoms with van der Waals surface area (Å²) < 4.78 is 41.3. The molecule has 0 N–H and O–H groups in total. The molecule has 12 heteroatoms. The van der Waals surface area contributed by atoms with Gasteiger partial charge in [-0.1, -0.05) is 11.6 Å². The average molecular weight is 518 g/mol. The fourth-order valence-electron chi connectivity index (χ4n) is 5.34. The maximum absolute atomic E-state index is 13.4. The molecule has 0 radical (unpaired) electrons. The van der Waals surface area contributed by atoms with Crippen LogP contribution in [0, 0.1) is 17.2 Å². The monoisotopic (exact) mass is 517 g/mol. The SMILES string of the molecule is CC1(C)CN(C(=O)C2CCN(c3c(C#N)cnc4ccc(Cl)cc34)CC2)Cc2nnc(C(F)(F)F)n21. The van der Waals surface area contributed by atoms with Gasteiger partial charge in [0.05, 0.1) is 28.9 Å². The van der Waals surface area contributed by atoms with Crippen molar-refractivity contribution in [2.24, 2.45) is 5.92 Å². The third-order valence-corrected chi connectivity index (χ3v) is 7.13. The van der Waals surface area contributed by atoms with E-state index in [-0.39, 0.29) is 30.7 Å². The number of pyridine rings is 1. The molecule has 36 heavy (non-hydrogen) atoms. The van der Waals surface area contributed by atoms with Gasteiger partial charge in [0.15, 0.2) is 5.82 Å². The number of carbonyl (C=O) groups excluding carboxylic acids is 1. The van der Waals surface area contributed by atoms with E-state index in [1.165, 1.54) is 0 Å². The maximum atomic E-state index is 13.4. The van der Waals surface area contributed by atoms with Gasteiger partial charge in [-0.25, -0.2) is 0 Å². The van der Waals surface area contributed by atoms with E-state index in [4.69, 9.17) is 11.6 Å². The minimum Gasteiger partial charge on any atom is -0.370 e. The Bertz CT molecular complexity index is 1390. The number of nitrogens with zero attached hydrogens (tertiary/aromatic N) is 7. The van der Waals surface area contributed by atoms with E-state index in [0.29, 0.717) is 36.5 Å². The van der Waals surface area contributed by atoms with Gasteiger partial charge in [0.25, 0.3) is 0 Å². The van der Waals surface area contributed by atoms with E-state index in [1.54, 1.807) is 43.1 Å². The minimum absolute atomic E-state index is 0.0162. The first kappa shape index (κ1) is 24.3. The van der Waals surface area contributed by atoms with E-state index in [2.05, 4.69) is 26.2 Å². The molecule has 1 amide bonds. The predicted octanol–water partition coefficient (Wildman–Crippen LogP) is 4.36. The van der Waals surface area contributed by atoms with Crippen LogP contribution in [0.15, 0.2) is 24.4 Å². The van der Waals surface area contributed by atoms with Crippen LogP contribution in [0.25, 0.3) is 10.9 Å². The van der Waals surface area contributed by atoms with Gasteiger partial charge < -0.3 is 9.80 Å². The third kappa shape index (κ3) is 4.13. The number of anilines is 1. The number of fused-ring (bicyclic) bond motifs is 2. The number of alkyl halides is 3. The smallest absolute Gasteiger partial charge is 0.370 e. The van der Waals surface area contributed by atoms with Gasteiger partial charge in [-0.3, -0.25) is 14.3 Å². The van der Waals surface area contributed by atoms with Gasteiger partial charge in [-0.05, 0) is 44.9 Å². The van der Waals surface area contributed by atoms with E-state index < -0.39 is 17.5 Å². The second kappa shape index (κ2) is 8.62. The lowest BCUT2D eigenvalue weighted by molar-refractivity contribution is -0.151. The van der Waals surface area contributed by atoms with Crippen LogP contribution in [0.5, 0.6) is 0 Å². The minimum atomic E-state index is -4.62. The molecule has 188 valence electrons. The Kier molecular flexibility index (Phi) is 5.82. The Hall–Kier alpha value is -3.39. The standard InChI is InChI=1S/C24H23ClF3N7O/c1-23(2)13-34(12-19-31-32-22(35(19)23)24(26,27)28)21(36)14-5-7-33(8-6-14)20-15(10-29)11-30-18-4-3-16(25)9-17(18)20/h3-4,9,11,14H,5-8,12-13H2,1-2H3. The van der Waals surface area contributed by atoms with Crippen LogP contribution in [0.2, 0.25) is 5.02 Å². The lowest BCUT2D eigenvalue weighted by Gasteiger charge is -2.42. The van der Waals surface area contributed by atoms with E-state index in [9.17, 15) is 23.2 Å². The number of hydrogen-bond donors (Lipinski definition) is 0. The van der Waals surface area contributed by atoms with Crippen molar-refractivity contribution in [1.29, 1.82) is 5.26 Å². The van der Waals surface area contributed by atoms with Crippen molar-refractivity contribution in [2.75, 3.05) is 24.5 Å². The Morgan fingerprint density at radius 1 is 1.22 bits per heavy atom. The molecule has 0 unspecified atom stereocenters. The Labute approximate surface area is 210 Å². The lowest BCUT2D eigenvalue weighted by atomic mass is 9.92. The molecule has 1 fully saturated rings. The topological polar surface area (TPSA) is 90.9 Å². The highest BCUT2D eigenvalue weighted by Gasteiger charge is 2.46. The normalized spacial score (nSPS) is 18.2. The largest absolute Gasteiger partial charge is 0.451 e. The first-order valence-corrected chi connectivity index (χ1v) is 11.9. The van der Waals surface area contributed by atoms with E-state index in [0.717, 1.165) is 21.2 Å². The average Bonchev–Trinajstić information content (AvgIpc) is 3.28. The maximum Gasteiger partial charge on any atom is 0.451 e. The van der Waals surface area contributed by atoms with E-state index >= 15 is 0 Å². The summed E-state index contributed by atoms with van der Waals surface area (Å²) in [7, 11) is 0. The first-order valence-electron chi connectivity index (χ1n) is 11.5. The predicted molar refractivity (Wildman–Crippen MR) is 126 cm³/mol. The molecule has 0 bridgehead atoms. The number of hydrogen-bond acceptors (Lipinski definition) is 6. The molecular formula is C24H23ClF3N7O. The molecule has 1 saturated heterocycles. The van der Waals surface area contributed by atoms with Crippen molar-refractivity contribution in [3.8, 4) is 6.07 Å². The van der Waals surface area contributed by atoms with Gasteiger partial charge in [-0.15, -0.1) is 10.2 Å². The number of rotatable bonds is 2. The quantitative estimate of drug-likeness (QED) is 0.501. The number of carbonyl (C=O) groups is 1. The molecule has 2 aliphatic rings. The molecule has 8 nitrogen and oxygen atoms in total. The summed E-state index contributed by atoms with van der Waals surface area (Å²) in [6.45, 7) is 4.51. The molecule has 3 aromatic rings. The highest BCUT2D eigenvalue weighted by Crippen LogP contribution is 2.37. The molecule has 1 aromatic carbocycles. The third-order valence-electron chi connectivity index (χ3n) is 6.89. The molecule has 2 aromatic heterocycles. The fraction of sp³-hybridized carbons (Fsp3) is 0.458. The zero-order chi connectivity index (χ0) is 25.8. The summed E-state index contributed by atoms with van der Waals surface area (Å²) in [4.78, 5) is 21.4. The summed E-state index contributed by atoms with van der Waals surface area (Å²) in [6, 6.07) is 7.55. The second-order valence-corrected chi connectivity index (χ2v) is 10.3. The van der Waals surface area contributed by atoms with Crippen molar-refractivity contribution in [3.63, 3.8) is 0 Å². The van der Waals surface area contributed by atoms with Crippen molar-refractivity contribution >= 4 is 34.1 Å². The zero-order valence-electron chi connectivity index (χ0n) is 19.7. The number of benzene rings is 1. The van der Waals surface area contributed by atoms with Crippen LogP contribution >= 0.6 is 11.6 Å². The van der Waals surface area contributed by atoms with Crippen molar-refractivity contribution in [2.45, 2.75) is 44.9 Å².